The van der Waals surface area contributed by atoms with E-state index in [4.69, 9.17) is 24.1 Å². The van der Waals surface area contributed by atoms with Gasteiger partial charge in [-0.3, -0.25) is 4.79 Å². The van der Waals surface area contributed by atoms with Crippen molar-refractivity contribution in [3.05, 3.63) is 54.0 Å². The van der Waals surface area contributed by atoms with Crippen molar-refractivity contribution < 1.29 is 58.4 Å². The van der Waals surface area contributed by atoms with Crippen molar-refractivity contribution in [2.45, 2.75) is 0 Å². The van der Waals surface area contributed by atoms with Gasteiger partial charge in [0.1, 0.15) is 29.5 Å². The van der Waals surface area contributed by atoms with Crippen molar-refractivity contribution in [3.63, 3.8) is 0 Å². The second kappa shape index (κ2) is 12.2. The summed E-state index contributed by atoms with van der Waals surface area (Å²) >= 11 is 0. The van der Waals surface area contributed by atoms with E-state index in [2.05, 4.69) is 5.32 Å². The summed E-state index contributed by atoms with van der Waals surface area (Å²) in [7, 11) is 6.28. The van der Waals surface area contributed by atoms with Crippen LogP contribution in [0, 0.1) is 6.42 Å². The summed E-state index contributed by atoms with van der Waals surface area (Å²) in [5.74, 6) is 1.51. The fraction of sp³-hybridized carbons (Fsp3) is 0.238. The molecule has 0 radical (unpaired) electrons. The summed E-state index contributed by atoms with van der Waals surface area (Å²) in [6.45, 7) is -0.199. The van der Waals surface area contributed by atoms with Crippen LogP contribution in [0.25, 0.3) is 6.08 Å². The number of aliphatic carboxylic acids is 1. The van der Waals surface area contributed by atoms with Gasteiger partial charge >= 0.3 is 35.5 Å². The quantitative estimate of drug-likeness (QED) is 0.436. The maximum atomic E-state index is 10.8. The minimum Gasteiger partial charge on any atom is -0.497 e. The number of carboxylic acids is 1. The molecule has 7 nitrogen and oxygen atoms in total. The number of benzene rings is 2. The van der Waals surface area contributed by atoms with Gasteiger partial charge in [-0.05, 0) is 0 Å². The predicted octanol–water partition coefficient (Wildman–Crippen LogP) is 0.487. The molecule has 0 aliphatic carbocycles. The minimum absolute atomic E-state index is 0. The molecule has 0 aromatic heterocycles. The zero-order valence-electron chi connectivity index (χ0n) is 17.3. The SMILES string of the molecule is COc1cc(OC)c(/C=C/[CH-]c2ccc(OC)c(NCC(=O)O)c2)c(OC)c1.[Na+]. The molecule has 0 fully saturated rings. The maximum absolute atomic E-state index is 10.8. The molecule has 0 aliphatic heterocycles. The molecule has 2 N–H and O–H groups in total. The standard InChI is InChI=1S/C21H24NO6.Na/c1-25-15-11-19(27-3)16(20(12-15)28-4)7-5-6-14-8-9-18(26-2)17(10-14)22-13-21(23)24;/h5-12,22H,13H2,1-4H3,(H,23,24);/q-1;+1/b7-5+;. The fourth-order valence-electron chi connectivity index (χ4n) is 2.59. The largest absolute Gasteiger partial charge is 1.00 e. The van der Waals surface area contributed by atoms with Crippen LogP contribution in [-0.2, 0) is 4.79 Å². The van der Waals surface area contributed by atoms with E-state index in [0.717, 1.165) is 11.1 Å². The zero-order chi connectivity index (χ0) is 20.5. The molecule has 0 saturated carbocycles. The van der Waals surface area contributed by atoms with E-state index in [0.29, 0.717) is 28.7 Å². The van der Waals surface area contributed by atoms with Crippen LogP contribution >= 0.6 is 0 Å². The number of allylic oxidation sites excluding steroid dienone is 1. The summed E-state index contributed by atoms with van der Waals surface area (Å²) in [6.07, 6.45) is 5.61. The molecule has 2 rings (SSSR count). The van der Waals surface area contributed by atoms with Crippen LogP contribution in [0.2, 0.25) is 0 Å². The Kier molecular flexibility index (Phi) is 10.3. The van der Waals surface area contributed by atoms with Crippen molar-refractivity contribution in [2.24, 2.45) is 0 Å². The van der Waals surface area contributed by atoms with Gasteiger partial charge in [0, 0.05) is 23.4 Å². The van der Waals surface area contributed by atoms with E-state index < -0.39 is 5.97 Å². The molecule has 0 aliphatic rings. The average Bonchev–Trinajstić information content (AvgIpc) is 2.71. The second-order valence-electron chi connectivity index (χ2n) is 5.68. The summed E-state index contributed by atoms with van der Waals surface area (Å²) in [5.41, 5.74) is 2.25. The number of anilines is 1. The van der Waals surface area contributed by atoms with Gasteiger partial charge in [-0.1, -0.05) is 6.07 Å². The molecular formula is C21H24NNaO6. The Morgan fingerprint density at radius 3 is 2.14 bits per heavy atom. The Bertz CT molecular complexity index is 828. The Labute approximate surface area is 192 Å². The molecule has 0 saturated heterocycles. The van der Waals surface area contributed by atoms with Crippen LogP contribution in [0.5, 0.6) is 23.0 Å². The van der Waals surface area contributed by atoms with Crippen molar-refractivity contribution in [3.8, 4) is 23.0 Å². The summed E-state index contributed by atoms with van der Waals surface area (Å²) in [4.78, 5) is 10.8. The number of rotatable bonds is 10. The van der Waals surface area contributed by atoms with E-state index in [9.17, 15) is 4.79 Å². The molecule has 0 heterocycles. The predicted molar refractivity (Wildman–Crippen MR) is 108 cm³/mol. The van der Waals surface area contributed by atoms with Gasteiger partial charge in [0.15, 0.2) is 0 Å². The van der Waals surface area contributed by atoms with Crippen LogP contribution in [0.1, 0.15) is 11.1 Å². The maximum Gasteiger partial charge on any atom is 1.00 e. The third-order valence-electron chi connectivity index (χ3n) is 3.96. The molecule has 0 amide bonds. The number of hydrogen-bond acceptors (Lipinski definition) is 6. The van der Waals surface area contributed by atoms with Gasteiger partial charge in [0.2, 0.25) is 0 Å². The summed E-state index contributed by atoms with van der Waals surface area (Å²) in [6, 6.07) is 9.03. The second-order valence-corrected chi connectivity index (χ2v) is 5.68. The monoisotopic (exact) mass is 409 g/mol. The Balaban J connectivity index is 0.00000420. The van der Waals surface area contributed by atoms with Gasteiger partial charge in [-0.25, -0.2) is 0 Å². The molecular weight excluding hydrogens is 385 g/mol. The molecule has 2 aromatic carbocycles. The summed E-state index contributed by atoms with van der Waals surface area (Å²) in [5, 5.41) is 11.7. The van der Waals surface area contributed by atoms with Crippen molar-refractivity contribution in [2.75, 3.05) is 40.3 Å². The van der Waals surface area contributed by atoms with Crippen molar-refractivity contribution in [1.82, 2.24) is 0 Å². The molecule has 0 atom stereocenters. The van der Waals surface area contributed by atoms with E-state index in [1.54, 1.807) is 39.5 Å². The van der Waals surface area contributed by atoms with Gasteiger partial charge in [0.25, 0.3) is 0 Å². The molecule has 0 spiro atoms. The molecule has 8 heteroatoms. The van der Waals surface area contributed by atoms with E-state index in [1.807, 2.05) is 30.7 Å². The Morgan fingerprint density at radius 1 is 1.00 bits per heavy atom. The van der Waals surface area contributed by atoms with Crippen LogP contribution in [0.3, 0.4) is 0 Å². The van der Waals surface area contributed by atoms with Crippen LogP contribution in [-0.4, -0.2) is 46.1 Å². The Morgan fingerprint density at radius 2 is 1.62 bits per heavy atom. The molecule has 2 aromatic rings. The number of methoxy groups -OCH3 is 4. The van der Waals surface area contributed by atoms with Crippen molar-refractivity contribution >= 4 is 17.7 Å². The normalized spacial score (nSPS) is 10.1. The van der Waals surface area contributed by atoms with Crippen LogP contribution < -0.4 is 53.8 Å². The first-order chi connectivity index (χ1) is 13.5. The first-order valence-electron chi connectivity index (χ1n) is 8.47. The van der Waals surface area contributed by atoms with Gasteiger partial charge < -0.3 is 29.4 Å². The van der Waals surface area contributed by atoms with E-state index in [1.165, 1.54) is 7.11 Å². The number of carboxylic acid groups (broad SMARTS) is 1. The first-order valence-corrected chi connectivity index (χ1v) is 8.47. The molecule has 0 bridgehead atoms. The Hall–Kier alpha value is -2.48. The first kappa shape index (κ1) is 24.6. The van der Waals surface area contributed by atoms with Crippen LogP contribution in [0.15, 0.2) is 36.4 Å². The minimum atomic E-state index is -0.949. The average molecular weight is 409 g/mol. The smallest absolute Gasteiger partial charge is 0.497 e. The van der Waals surface area contributed by atoms with Gasteiger partial charge in [-0.15, -0.1) is 36.3 Å². The van der Waals surface area contributed by atoms with Crippen molar-refractivity contribution in [1.29, 1.82) is 0 Å². The molecule has 29 heavy (non-hydrogen) atoms. The number of nitrogens with one attached hydrogen (secondary N) is 1. The van der Waals surface area contributed by atoms with Crippen LogP contribution in [0.4, 0.5) is 5.69 Å². The van der Waals surface area contributed by atoms with E-state index in [-0.39, 0.29) is 36.1 Å². The number of ether oxygens (including phenoxy) is 4. The summed E-state index contributed by atoms with van der Waals surface area (Å²) < 4.78 is 21.4. The fourth-order valence-corrected chi connectivity index (χ4v) is 2.59. The molecule has 150 valence electrons. The number of carbonyl (C=O) groups is 1. The zero-order valence-corrected chi connectivity index (χ0v) is 19.3. The third-order valence-corrected chi connectivity index (χ3v) is 3.96. The van der Waals surface area contributed by atoms with E-state index >= 15 is 0 Å². The third kappa shape index (κ3) is 6.81. The topological polar surface area (TPSA) is 86.2 Å². The number of hydrogen-bond donors (Lipinski definition) is 2. The van der Waals surface area contributed by atoms with Gasteiger partial charge in [-0.2, -0.15) is 0 Å². The van der Waals surface area contributed by atoms with Gasteiger partial charge in [0.05, 0.1) is 28.4 Å². The molecule has 0 unspecified atom stereocenters.